The van der Waals surface area contributed by atoms with Crippen LogP contribution >= 0.6 is 0 Å². The van der Waals surface area contributed by atoms with Crippen molar-refractivity contribution in [2.75, 3.05) is 25.6 Å². The van der Waals surface area contributed by atoms with Gasteiger partial charge in [0.1, 0.15) is 24.4 Å². The summed E-state index contributed by atoms with van der Waals surface area (Å²) < 4.78 is 5.13. The van der Waals surface area contributed by atoms with Crippen LogP contribution < -0.4 is 10.4 Å². The summed E-state index contributed by atoms with van der Waals surface area (Å²) in [6, 6.07) is 7.29. The summed E-state index contributed by atoms with van der Waals surface area (Å²) >= 11 is 0. The van der Waals surface area contributed by atoms with Crippen LogP contribution in [0.1, 0.15) is 24.2 Å². The first-order valence-electron chi connectivity index (χ1n) is 10.5. The molecule has 2 rings (SSSR count). The molecule has 1 aliphatic rings. The van der Waals surface area contributed by atoms with E-state index in [4.69, 9.17) is 14.7 Å². The lowest BCUT2D eigenvalue weighted by atomic mass is 9.97. The van der Waals surface area contributed by atoms with Gasteiger partial charge in [0.05, 0.1) is 6.61 Å². The Balaban J connectivity index is 1.89. The standard InChI is InChI=1S/C23H32N2O8/c1-13(11-14(2)19(28)15-6-8-16(9-7-15)25(3)4)5-10-18(27)24-33-23-22(31)21(30)20(29)17(12-26)32-23/h5-11,14,17,20-23,26,29-31H,12H2,1-4H3,(H,24,27)/t14?,17-,20-,21+,22-,23?/m1/s1. The highest BCUT2D eigenvalue weighted by molar-refractivity contribution is 5.99. The van der Waals surface area contributed by atoms with Gasteiger partial charge in [-0.15, -0.1) is 0 Å². The van der Waals surface area contributed by atoms with Crippen LogP contribution in [0.25, 0.3) is 0 Å². The summed E-state index contributed by atoms with van der Waals surface area (Å²) in [5, 5.41) is 38.5. The maximum absolute atomic E-state index is 12.6. The molecular formula is C23H32N2O8. The Kier molecular flexibility index (Phi) is 9.71. The summed E-state index contributed by atoms with van der Waals surface area (Å²) in [4.78, 5) is 31.5. The predicted octanol–water partition coefficient (Wildman–Crippen LogP) is -0.0784. The Morgan fingerprint density at radius 1 is 1.12 bits per heavy atom. The van der Waals surface area contributed by atoms with Gasteiger partial charge >= 0.3 is 0 Å². The van der Waals surface area contributed by atoms with E-state index >= 15 is 0 Å². The number of carbonyl (C=O) groups is 2. The molecule has 182 valence electrons. The zero-order chi connectivity index (χ0) is 24.7. The van der Waals surface area contributed by atoms with Crippen molar-refractivity contribution in [3.8, 4) is 0 Å². The molecule has 1 heterocycles. The maximum atomic E-state index is 12.6. The minimum Gasteiger partial charge on any atom is -0.394 e. The number of ketones is 1. The van der Waals surface area contributed by atoms with Gasteiger partial charge in [-0.05, 0) is 31.2 Å². The first-order valence-corrected chi connectivity index (χ1v) is 10.5. The van der Waals surface area contributed by atoms with Crippen LogP contribution in [-0.2, 0) is 14.4 Å². The average molecular weight is 465 g/mol. The molecule has 10 heteroatoms. The van der Waals surface area contributed by atoms with E-state index in [1.807, 2.05) is 31.1 Å². The molecule has 1 amide bonds. The van der Waals surface area contributed by atoms with Gasteiger partial charge in [-0.1, -0.05) is 24.6 Å². The highest BCUT2D eigenvalue weighted by Gasteiger charge is 2.44. The summed E-state index contributed by atoms with van der Waals surface area (Å²) in [7, 11) is 3.84. The molecule has 0 radical (unpaired) electrons. The molecule has 1 aromatic rings. The molecule has 0 spiro atoms. The smallest absolute Gasteiger partial charge is 0.267 e. The van der Waals surface area contributed by atoms with Crippen molar-refractivity contribution in [1.29, 1.82) is 0 Å². The Morgan fingerprint density at radius 3 is 2.33 bits per heavy atom. The van der Waals surface area contributed by atoms with Gasteiger partial charge in [0.15, 0.2) is 5.78 Å². The number of hydrogen-bond acceptors (Lipinski definition) is 9. The van der Waals surface area contributed by atoms with Gasteiger partial charge in [0, 0.05) is 37.3 Å². The zero-order valence-electron chi connectivity index (χ0n) is 19.1. The molecule has 1 aliphatic heterocycles. The number of hydrogen-bond donors (Lipinski definition) is 5. The number of aliphatic hydroxyl groups is 4. The van der Waals surface area contributed by atoms with Crippen LogP contribution in [0.3, 0.4) is 0 Å². The van der Waals surface area contributed by atoms with Crippen molar-refractivity contribution in [2.24, 2.45) is 5.92 Å². The van der Waals surface area contributed by atoms with Crippen molar-refractivity contribution in [3.05, 3.63) is 53.6 Å². The number of carbonyl (C=O) groups excluding carboxylic acids is 2. The van der Waals surface area contributed by atoms with Crippen LogP contribution in [0, 0.1) is 5.92 Å². The normalized spacial score (nSPS) is 26.8. The van der Waals surface area contributed by atoms with Crippen LogP contribution in [0.4, 0.5) is 5.69 Å². The van der Waals surface area contributed by atoms with Crippen LogP contribution in [0.2, 0.25) is 0 Å². The van der Waals surface area contributed by atoms with E-state index in [0.717, 1.165) is 5.69 Å². The molecule has 6 atom stereocenters. The van der Waals surface area contributed by atoms with Gasteiger partial charge in [-0.25, -0.2) is 10.3 Å². The number of anilines is 1. The number of ether oxygens (including phenoxy) is 1. The first-order chi connectivity index (χ1) is 15.5. The fourth-order valence-corrected chi connectivity index (χ4v) is 3.23. The molecule has 0 bridgehead atoms. The summed E-state index contributed by atoms with van der Waals surface area (Å²) in [5.74, 6) is -1.14. The van der Waals surface area contributed by atoms with Crippen molar-refractivity contribution in [1.82, 2.24) is 5.48 Å². The monoisotopic (exact) mass is 464 g/mol. The number of Topliss-reactive ketones (excluding diaryl/α,β-unsaturated/α-hetero) is 1. The number of nitrogens with one attached hydrogen (secondary N) is 1. The molecule has 1 fully saturated rings. The van der Waals surface area contributed by atoms with E-state index in [9.17, 15) is 24.9 Å². The SMILES string of the molecule is CC(C=CC(=O)NOC1O[C@H](CO)[C@@H](O)[C@H](O)[C@H]1O)=CC(C)C(=O)c1ccc(N(C)C)cc1. The Hall–Kier alpha value is -2.60. The average Bonchev–Trinajstić information content (AvgIpc) is 2.80. The minimum atomic E-state index is -1.63. The van der Waals surface area contributed by atoms with E-state index in [2.05, 4.69) is 5.48 Å². The number of rotatable bonds is 9. The second-order valence-corrected chi connectivity index (χ2v) is 8.12. The lowest BCUT2D eigenvalue weighted by molar-refractivity contribution is -0.312. The lowest BCUT2D eigenvalue weighted by Crippen LogP contribution is -2.60. The molecule has 33 heavy (non-hydrogen) atoms. The number of aliphatic hydroxyl groups excluding tert-OH is 4. The number of hydroxylamine groups is 1. The topological polar surface area (TPSA) is 149 Å². The largest absolute Gasteiger partial charge is 0.394 e. The third kappa shape index (κ3) is 7.19. The second kappa shape index (κ2) is 12.0. The van der Waals surface area contributed by atoms with Crippen LogP contribution in [-0.4, -0.2) is 83.5 Å². The van der Waals surface area contributed by atoms with E-state index in [-0.39, 0.29) is 5.78 Å². The first kappa shape index (κ1) is 26.7. The lowest BCUT2D eigenvalue weighted by Gasteiger charge is -2.38. The van der Waals surface area contributed by atoms with Crippen molar-refractivity contribution in [2.45, 2.75) is 44.6 Å². The van der Waals surface area contributed by atoms with E-state index < -0.39 is 49.1 Å². The number of benzene rings is 1. The molecular weight excluding hydrogens is 432 g/mol. The maximum Gasteiger partial charge on any atom is 0.267 e. The van der Waals surface area contributed by atoms with E-state index in [1.165, 1.54) is 12.2 Å². The highest BCUT2D eigenvalue weighted by atomic mass is 16.8. The molecule has 0 saturated carbocycles. The van der Waals surface area contributed by atoms with Crippen LogP contribution in [0.5, 0.6) is 0 Å². The summed E-state index contributed by atoms with van der Waals surface area (Å²) in [6.07, 6.45) is -3.02. The molecule has 10 nitrogen and oxygen atoms in total. The van der Waals surface area contributed by atoms with E-state index in [1.54, 1.807) is 32.1 Å². The molecule has 5 N–H and O–H groups in total. The van der Waals surface area contributed by atoms with Gasteiger partial charge in [0.25, 0.3) is 5.91 Å². The van der Waals surface area contributed by atoms with Gasteiger partial charge in [-0.3, -0.25) is 9.59 Å². The van der Waals surface area contributed by atoms with Crippen molar-refractivity contribution < 1.29 is 39.6 Å². The summed E-state index contributed by atoms with van der Waals surface area (Å²) in [5.41, 5.74) is 4.30. The molecule has 1 aromatic carbocycles. The fourth-order valence-electron chi connectivity index (χ4n) is 3.23. The highest BCUT2D eigenvalue weighted by Crippen LogP contribution is 2.21. The predicted molar refractivity (Wildman–Crippen MR) is 120 cm³/mol. The Labute approximate surface area is 192 Å². The molecule has 1 saturated heterocycles. The van der Waals surface area contributed by atoms with E-state index in [0.29, 0.717) is 11.1 Å². The number of amides is 1. The molecule has 0 aliphatic carbocycles. The Morgan fingerprint density at radius 2 is 1.76 bits per heavy atom. The fraction of sp³-hybridized carbons (Fsp3) is 0.478. The Bertz CT molecular complexity index is 866. The van der Waals surface area contributed by atoms with Crippen molar-refractivity contribution in [3.63, 3.8) is 0 Å². The quantitative estimate of drug-likeness (QED) is 0.146. The van der Waals surface area contributed by atoms with Gasteiger partial charge < -0.3 is 30.1 Å². The third-order valence-electron chi connectivity index (χ3n) is 5.22. The molecule has 0 aromatic heterocycles. The number of nitrogens with zero attached hydrogens (tertiary/aromatic N) is 1. The number of allylic oxidation sites excluding steroid dienone is 3. The zero-order valence-corrected chi connectivity index (χ0v) is 19.1. The summed E-state index contributed by atoms with van der Waals surface area (Å²) in [6.45, 7) is 2.89. The van der Waals surface area contributed by atoms with Crippen LogP contribution in [0.15, 0.2) is 48.1 Å². The van der Waals surface area contributed by atoms with Crippen molar-refractivity contribution >= 4 is 17.4 Å². The van der Waals surface area contributed by atoms with Gasteiger partial charge in [-0.2, -0.15) is 0 Å². The molecule has 2 unspecified atom stereocenters. The van der Waals surface area contributed by atoms with Gasteiger partial charge in [0.2, 0.25) is 6.29 Å². The second-order valence-electron chi connectivity index (χ2n) is 8.12. The third-order valence-corrected chi connectivity index (χ3v) is 5.22. The minimum absolute atomic E-state index is 0.0524.